The Kier molecular flexibility index (Phi) is 3.79. The highest BCUT2D eigenvalue weighted by Crippen LogP contribution is 2.14. The van der Waals surface area contributed by atoms with Gasteiger partial charge in [-0.25, -0.2) is 0 Å². The van der Waals surface area contributed by atoms with Gasteiger partial charge in [-0.2, -0.15) is 16.6 Å². The number of benzene rings is 1. The average Bonchev–Trinajstić information content (AvgIpc) is 2.82. The fourth-order valence-corrected chi connectivity index (χ4v) is 2.42. The van der Waals surface area contributed by atoms with Gasteiger partial charge in [-0.05, 0) is 60.0 Å². The molecule has 86 valence electrons. The first-order chi connectivity index (χ1) is 8.28. The predicted molar refractivity (Wildman–Crippen MR) is 72.3 cm³/mol. The minimum atomic E-state index is 0.387. The molecule has 1 atom stereocenters. The minimum absolute atomic E-state index is 0.387. The van der Waals surface area contributed by atoms with E-state index in [0.29, 0.717) is 11.6 Å². The van der Waals surface area contributed by atoms with Gasteiger partial charge in [-0.1, -0.05) is 0 Å². The van der Waals surface area contributed by atoms with E-state index < -0.39 is 0 Å². The lowest BCUT2D eigenvalue weighted by Gasteiger charge is -2.14. The number of nitriles is 1. The SMILES string of the molecule is CC(Cc1ccsc1)Nc1ccc(C#N)cc1. The van der Waals surface area contributed by atoms with Crippen LogP contribution in [0.2, 0.25) is 0 Å². The fourth-order valence-electron chi connectivity index (χ4n) is 1.74. The molecule has 0 spiro atoms. The van der Waals surface area contributed by atoms with Crippen LogP contribution in [0.15, 0.2) is 41.1 Å². The number of hydrogen-bond donors (Lipinski definition) is 1. The predicted octanol–water partition coefficient (Wildman–Crippen LogP) is 3.66. The molecule has 3 heteroatoms. The summed E-state index contributed by atoms with van der Waals surface area (Å²) in [5, 5.41) is 16.4. The van der Waals surface area contributed by atoms with Crippen molar-refractivity contribution in [3.63, 3.8) is 0 Å². The van der Waals surface area contributed by atoms with Crippen LogP contribution in [0, 0.1) is 11.3 Å². The van der Waals surface area contributed by atoms with Crippen molar-refractivity contribution in [1.29, 1.82) is 5.26 Å². The van der Waals surface area contributed by atoms with Crippen LogP contribution >= 0.6 is 11.3 Å². The fraction of sp³-hybridized carbons (Fsp3) is 0.214. The Morgan fingerprint density at radius 1 is 1.29 bits per heavy atom. The molecule has 0 saturated heterocycles. The molecule has 1 aromatic heterocycles. The number of rotatable bonds is 4. The largest absolute Gasteiger partial charge is 0.382 e. The van der Waals surface area contributed by atoms with Crippen molar-refractivity contribution in [2.45, 2.75) is 19.4 Å². The van der Waals surface area contributed by atoms with E-state index in [1.165, 1.54) is 5.56 Å². The lowest BCUT2D eigenvalue weighted by atomic mass is 10.1. The quantitative estimate of drug-likeness (QED) is 0.888. The van der Waals surface area contributed by atoms with Gasteiger partial charge < -0.3 is 5.32 Å². The third kappa shape index (κ3) is 3.33. The van der Waals surface area contributed by atoms with Crippen molar-refractivity contribution in [2.24, 2.45) is 0 Å². The van der Waals surface area contributed by atoms with Crippen LogP contribution in [0.5, 0.6) is 0 Å². The second kappa shape index (κ2) is 5.51. The third-order valence-electron chi connectivity index (χ3n) is 2.55. The van der Waals surface area contributed by atoms with Crippen LogP contribution in [-0.4, -0.2) is 6.04 Å². The number of anilines is 1. The van der Waals surface area contributed by atoms with Crippen LogP contribution in [0.25, 0.3) is 0 Å². The molecule has 2 rings (SSSR count). The second-order valence-electron chi connectivity index (χ2n) is 4.07. The summed E-state index contributed by atoms with van der Waals surface area (Å²) in [6.07, 6.45) is 1.02. The molecule has 0 saturated carbocycles. The van der Waals surface area contributed by atoms with Gasteiger partial charge in [0.1, 0.15) is 0 Å². The molecular formula is C14H14N2S. The van der Waals surface area contributed by atoms with Crippen molar-refractivity contribution < 1.29 is 0 Å². The zero-order valence-corrected chi connectivity index (χ0v) is 10.5. The topological polar surface area (TPSA) is 35.8 Å². The minimum Gasteiger partial charge on any atom is -0.382 e. The summed E-state index contributed by atoms with van der Waals surface area (Å²) in [5.41, 5.74) is 3.12. The van der Waals surface area contributed by atoms with Gasteiger partial charge in [0.25, 0.3) is 0 Å². The summed E-state index contributed by atoms with van der Waals surface area (Å²) < 4.78 is 0. The van der Waals surface area contributed by atoms with Crippen LogP contribution in [0.3, 0.4) is 0 Å². The highest BCUT2D eigenvalue weighted by molar-refractivity contribution is 7.07. The molecule has 0 aliphatic rings. The molecule has 1 N–H and O–H groups in total. The summed E-state index contributed by atoms with van der Waals surface area (Å²) in [6.45, 7) is 2.16. The molecule has 0 fully saturated rings. The Morgan fingerprint density at radius 3 is 2.65 bits per heavy atom. The Morgan fingerprint density at radius 2 is 2.06 bits per heavy atom. The third-order valence-corrected chi connectivity index (χ3v) is 3.28. The molecule has 0 amide bonds. The van der Waals surface area contributed by atoms with Crippen LogP contribution < -0.4 is 5.32 Å². The summed E-state index contributed by atoms with van der Waals surface area (Å²) in [4.78, 5) is 0. The number of nitrogens with one attached hydrogen (secondary N) is 1. The number of hydrogen-bond acceptors (Lipinski definition) is 3. The van der Waals surface area contributed by atoms with Crippen molar-refractivity contribution in [1.82, 2.24) is 0 Å². The van der Waals surface area contributed by atoms with E-state index in [9.17, 15) is 0 Å². The number of nitrogens with zero attached hydrogens (tertiary/aromatic N) is 1. The van der Waals surface area contributed by atoms with Gasteiger partial charge in [0.15, 0.2) is 0 Å². The van der Waals surface area contributed by atoms with E-state index in [1.54, 1.807) is 11.3 Å². The standard InChI is InChI=1S/C14H14N2S/c1-11(8-13-6-7-17-10-13)16-14-4-2-12(9-15)3-5-14/h2-7,10-11,16H,8H2,1H3. The molecule has 17 heavy (non-hydrogen) atoms. The van der Waals surface area contributed by atoms with Gasteiger partial charge in [-0.15, -0.1) is 0 Å². The van der Waals surface area contributed by atoms with Gasteiger partial charge in [0.05, 0.1) is 11.6 Å². The molecular weight excluding hydrogens is 228 g/mol. The second-order valence-corrected chi connectivity index (χ2v) is 4.85. The molecule has 1 unspecified atom stereocenters. The summed E-state index contributed by atoms with van der Waals surface area (Å²) in [6, 6.07) is 12.2. The normalized spacial score (nSPS) is 11.8. The lowest BCUT2D eigenvalue weighted by Crippen LogP contribution is -2.17. The van der Waals surface area contributed by atoms with E-state index >= 15 is 0 Å². The molecule has 2 aromatic rings. The van der Waals surface area contributed by atoms with Crippen molar-refractivity contribution in [3.05, 3.63) is 52.2 Å². The van der Waals surface area contributed by atoms with Gasteiger partial charge >= 0.3 is 0 Å². The maximum absolute atomic E-state index is 8.71. The van der Waals surface area contributed by atoms with Crippen LogP contribution in [-0.2, 0) is 6.42 Å². The van der Waals surface area contributed by atoms with Crippen molar-refractivity contribution in [3.8, 4) is 6.07 Å². The molecule has 0 bridgehead atoms. The smallest absolute Gasteiger partial charge is 0.0991 e. The Balaban J connectivity index is 1.94. The maximum Gasteiger partial charge on any atom is 0.0991 e. The summed E-state index contributed by atoms with van der Waals surface area (Å²) in [5.74, 6) is 0. The first-order valence-corrected chi connectivity index (χ1v) is 6.50. The molecule has 0 radical (unpaired) electrons. The van der Waals surface area contributed by atoms with Gasteiger partial charge in [0.2, 0.25) is 0 Å². The highest BCUT2D eigenvalue weighted by atomic mass is 32.1. The monoisotopic (exact) mass is 242 g/mol. The molecule has 0 aliphatic heterocycles. The van der Waals surface area contributed by atoms with Crippen LogP contribution in [0.1, 0.15) is 18.1 Å². The van der Waals surface area contributed by atoms with E-state index in [0.717, 1.165) is 12.1 Å². The molecule has 1 heterocycles. The Labute approximate surface area is 106 Å². The first kappa shape index (κ1) is 11.7. The Bertz CT molecular complexity index is 494. The van der Waals surface area contributed by atoms with Gasteiger partial charge in [-0.3, -0.25) is 0 Å². The average molecular weight is 242 g/mol. The summed E-state index contributed by atoms with van der Waals surface area (Å²) in [7, 11) is 0. The van der Waals surface area contributed by atoms with E-state index in [-0.39, 0.29) is 0 Å². The first-order valence-electron chi connectivity index (χ1n) is 5.55. The van der Waals surface area contributed by atoms with Gasteiger partial charge in [0, 0.05) is 11.7 Å². The van der Waals surface area contributed by atoms with E-state index in [4.69, 9.17) is 5.26 Å². The zero-order chi connectivity index (χ0) is 12.1. The van der Waals surface area contributed by atoms with Crippen molar-refractivity contribution in [2.75, 3.05) is 5.32 Å². The van der Waals surface area contributed by atoms with E-state index in [1.807, 2.05) is 24.3 Å². The van der Waals surface area contributed by atoms with Crippen LogP contribution in [0.4, 0.5) is 5.69 Å². The molecule has 2 nitrogen and oxygen atoms in total. The zero-order valence-electron chi connectivity index (χ0n) is 9.68. The summed E-state index contributed by atoms with van der Waals surface area (Å²) >= 11 is 1.73. The highest BCUT2D eigenvalue weighted by Gasteiger charge is 2.03. The van der Waals surface area contributed by atoms with E-state index in [2.05, 4.69) is 35.1 Å². The lowest BCUT2D eigenvalue weighted by molar-refractivity contribution is 0.793. The Hall–Kier alpha value is -1.79. The maximum atomic E-state index is 8.71. The van der Waals surface area contributed by atoms with Crippen molar-refractivity contribution >= 4 is 17.0 Å². The molecule has 1 aromatic carbocycles. The number of thiophene rings is 1. The molecule has 0 aliphatic carbocycles.